The molecule has 146 valence electrons. The third-order valence-electron chi connectivity index (χ3n) is 5.66. The van der Waals surface area contributed by atoms with Crippen LogP contribution in [0.15, 0.2) is 36.7 Å². The van der Waals surface area contributed by atoms with E-state index in [0.29, 0.717) is 17.9 Å². The van der Waals surface area contributed by atoms with Crippen LogP contribution in [0.2, 0.25) is 0 Å². The van der Waals surface area contributed by atoms with Crippen LogP contribution in [-0.2, 0) is 0 Å². The van der Waals surface area contributed by atoms with Crippen LogP contribution in [0.5, 0.6) is 5.88 Å². The second kappa shape index (κ2) is 7.18. The summed E-state index contributed by atoms with van der Waals surface area (Å²) in [5.41, 5.74) is -0.271. The van der Waals surface area contributed by atoms with Crippen LogP contribution in [0.4, 0.5) is 4.79 Å². The molecule has 2 fully saturated rings. The van der Waals surface area contributed by atoms with Crippen LogP contribution in [0.3, 0.4) is 0 Å². The second-order valence-electron chi connectivity index (χ2n) is 7.72. The van der Waals surface area contributed by atoms with Crippen LogP contribution in [0.25, 0.3) is 0 Å². The van der Waals surface area contributed by atoms with Gasteiger partial charge >= 0.3 is 6.09 Å². The van der Waals surface area contributed by atoms with Gasteiger partial charge in [-0.25, -0.2) is 9.78 Å². The van der Waals surface area contributed by atoms with Gasteiger partial charge in [0.25, 0.3) is 5.91 Å². The van der Waals surface area contributed by atoms with Gasteiger partial charge in [0, 0.05) is 29.5 Å². The first-order valence-electron chi connectivity index (χ1n) is 9.51. The Hall–Kier alpha value is -3.03. The van der Waals surface area contributed by atoms with E-state index in [4.69, 9.17) is 4.74 Å². The van der Waals surface area contributed by atoms with E-state index in [9.17, 15) is 9.59 Å². The highest BCUT2D eigenvalue weighted by atomic mass is 16.6. The summed E-state index contributed by atoms with van der Waals surface area (Å²) in [5, 5.41) is 6.22. The zero-order valence-electron chi connectivity index (χ0n) is 15.8. The standard InChI is InChI=1S/C20H23N5O3/c1-14-21-12-6-16(23-14)28-18(27)25-20-8-4-7-19(13-20,9-10-20)24-17(26)15-5-2-3-11-22-15/h2-3,5-6,11-12H,4,7-10,13H2,1H3,(H,24,26)(H,25,27)/t19-,20+/m0/s1. The van der Waals surface area contributed by atoms with E-state index in [0.717, 1.165) is 32.1 Å². The molecule has 2 amide bonds. The van der Waals surface area contributed by atoms with E-state index in [1.165, 1.54) is 0 Å². The number of pyridine rings is 1. The maximum Gasteiger partial charge on any atom is 0.414 e. The van der Waals surface area contributed by atoms with Gasteiger partial charge in [-0.05, 0) is 57.6 Å². The van der Waals surface area contributed by atoms with Crippen LogP contribution in [0.1, 0.15) is 54.8 Å². The third kappa shape index (κ3) is 3.81. The molecule has 0 radical (unpaired) electrons. The first-order chi connectivity index (χ1) is 13.5. The molecule has 2 aromatic heterocycles. The Balaban J connectivity index is 1.42. The van der Waals surface area contributed by atoms with E-state index in [-0.39, 0.29) is 22.9 Å². The summed E-state index contributed by atoms with van der Waals surface area (Å²) < 4.78 is 5.33. The summed E-state index contributed by atoms with van der Waals surface area (Å²) in [4.78, 5) is 37.2. The minimum absolute atomic E-state index is 0.169. The van der Waals surface area contributed by atoms with Crippen LogP contribution < -0.4 is 15.4 Å². The Morgan fingerprint density at radius 3 is 2.50 bits per heavy atom. The zero-order chi connectivity index (χ0) is 19.6. The number of amides is 2. The van der Waals surface area contributed by atoms with Crippen molar-refractivity contribution in [2.45, 2.75) is 56.5 Å². The van der Waals surface area contributed by atoms with Gasteiger partial charge in [0.1, 0.15) is 11.5 Å². The number of nitrogens with one attached hydrogen (secondary N) is 2. The minimum atomic E-state index is -0.521. The van der Waals surface area contributed by atoms with Crippen molar-refractivity contribution in [3.05, 3.63) is 48.2 Å². The van der Waals surface area contributed by atoms with Crippen molar-refractivity contribution in [1.29, 1.82) is 0 Å². The predicted molar refractivity (Wildman–Crippen MR) is 101 cm³/mol. The molecule has 0 aromatic carbocycles. The molecule has 0 unspecified atom stereocenters. The highest BCUT2D eigenvalue weighted by molar-refractivity contribution is 5.92. The maximum absolute atomic E-state index is 12.6. The normalized spacial score (nSPS) is 25.8. The van der Waals surface area contributed by atoms with Gasteiger partial charge in [0.2, 0.25) is 5.88 Å². The summed E-state index contributed by atoms with van der Waals surface area (Å²) in [6.07, 6.45) is 7.64. The number of rotatable bonds is 4. The first kappa shape index (κ1) is 18.3. The molecule has 2 bridgehead atoms. The number of fused-ring (bicyclic) bond motifs is 2. The van der Waals surface area contributed by atoms with Gasteiger partial charge in [0.05, 0.1) is 0 Å². The first-order valence-corrected chi connectivity index (χ1v) is 9.51. The average Bonchev–Trinajstić information content (AvgIpc) is 2.92. The predicted octanol–water partition coefficient (Wildman–Crippen LogP) is 2.54. The maximum atomic E-state index is 12.6. The number of aromatic nitrogens is 3. The fourth-order valence-electron chi connectivity index (χ4n) is 4.46. The number of hydrogen-bond acceptors (Lipinski definition) is 6. The number of ether oxygens (including phenoxy) is 1. The molecule has 2 aliphatic rings. The molecule has 0 spiro atoms. The lowest BCUT2D eigenvalue weighted by Gasteiger charge is -2.40. The molecular formula is C20H23N5O3. The molecule has 2 aliphatic carbocycles. The lowest BCUT2D eigenvalue weighted by molar-refractivity contribution is 0.0865. The van der Waals surface area contributed by atoms with E-state index in [2.05, 4.69) is 25.6 Å². The van der Waals surface area contributed by atoms with Crippen LogP contribution in [-0.4, -0.2) is 38.0 Å². The zero-order valence-corrected chi connectivity index (χ0v) is 15.8. The Morgan fingerprint density at radius 1 is 1.00 bits per heavy atom. The third-order valence-corrected chi connectivity index (χ3v) is 5.66. The molecule has 0 saturated heterocycles. The van der Waals surface area contributed by atoms with Crippen molar-refractivity contribution < 1.29 is 14.3 Å². The van der Waals surface area contributed by atoms with E-state index in [1.807, 2.05) is 0 Å². The quantitative estimate of drug-likeness (QED) is 0.843. The van der Waals surface area contributed by atoms with E-state index < -0.39 is 6.09 Å². The highest BCUT2D eigenvalue weighted by Gasteiger charge is 2.52. The molecule has 8 nitrogen and oxygen atoms in total. The summed E-state index contributed by atoms with van der Waals surface area (Å²) in [6, 6.07) is 6.84. The van der Waals surface area contributed by atoms with Crippen molar-refractivity contribution in [3.63, 3.8) is 0 Å². The van der Waals surface area contributed by atoms with E-state index >= 15 is 0 Å². The van der Waals surface area contributed by atoms with Crippen LogP contribution >= 0.6 is 0 Å². The molecule has 2 saturated carbocycles. The van der Waals surface area contributed by atoms with Crippen molar-refractivity contribution in [1.82, 2.24) is 25.6 Å². The van der Waals surface area contributed by atoms with Crippen molar-refractivity contribution in [2.75, 3.05) is 0 Å². The SMILES string of the molecule is Cc1nccc(OC(=O)N[C@]23CCC[C@](NC(=O)c4ccccn4)(CC2)C3)n1. The Bertz CT molecular complexity index is 890. The van der Waals surface area contributed by atoms with Gasteiger partial charge in [-0.2, -0.15) is 4.98 Å². The van der Waals surface area contributed by atoms with Crippen molar-refractivity contribution in [2.24, 2.45) is 0 Å². The molecule has 0 aliphatic heterocycles. The topological polar surface area (TPSA) is 106 Å². The lowest BCUT2D eigenvalue weighted by atomic mass is 9.78. The Morgan fingerprint density at radius 2 is 1.79 bits per heavy atom. The molecule has 28 heavy (non-hydrogen) atoms. The van der Waals surface area contributed by atoms with Crippen LogP contribution in [0, 0.1) is 6.92 Å². The summed E-state index contributed by atoms with van der Waals surface area (Å²) in [5.74, 6) is 0.598. The summed E-state index contributed by atoms with van der Waals surface area (Å²) in [6.45, 7) is 1.74. The van der Waals surface area contributed by atoms with E-state index in [1.54, 1.807) is 43.6 Å². The van der Waals surface area contributed by atoms with Gasteiger partial charge in [-0.15, -0.1) is 0 Å². The van der Waals surface area contributed by atoms with Crippen molar-refractivity contribution in [3.8, 4) is 5.88 Å². The molecule has 4 rings (SSSR count). The van der Waals surface area contributed by atoms with Gasteiger partial charge in [0.15, 0.2) is 0 Å². The second-order valence-corrected chi connectivity index (χ2v) is 7.72. The fraction of sp³-hybridized carbons (Fsp3) is 0.450. The number of nitrogens with zero attached hydrogens (tertiary/aromatic N) is 3. The number of carbonyl (C=O) groups excluding carboxylic acids is 2. The van der Waals surface area contributed by atoms with Gasteiger partial charge < -0.3 is 15.4 Å². The highest BCUT2D eigenvalue weighted by Crippen LogP contribution is 2.48. The smallest absolute Gasteiger partial charge is 0.391 e. The molecule has 2 atom stereocenters. The van der Waals surface area contributed by atoms with Gasteiger partial charge in [-0.3, -0.25) is 9.78 Å². The molecule has 2 aromatic rings. The molecule has 2 heterocycles. The number of carbonyl (C=O) groups is 2. The fourth-order valence-corrected chi connectivity index (χ4v) is 4.46. The largest absolute Gasteiger partial charge is 0.414 e. The summed E-state index contributed by atoms with van der Waals surface area (Å²) in [7, 11) is 0. The number of hydrogen-bond donors (Lipinski definition) is 2. The monoisotopic (exact) mass is 381 g/mol. The molecular weight excluding hydrogens is 358 g/mol. The molecule has 2 N–H and O–H groups in total. The summed E-state index contributed by atoms with van der Waals surface area (Å²) >= 11 is 0. The Kier molecular flexibility index (Phi) is 4.70. The Labute approximate surface area is 163 Å². The van der Waals surface area contributed by atoms with Crippen molar-refractivity contribution >= 4 is 12.0 Å². The average molecular weight is 381 g/mol. The lowest BCUT2D eigenvalue weighted by Crippen LogP contribution is -2.55. The van der Waals surface area contributed by atoms with Gasteiger partial charge in [-0.1, -0.05) is 6.07 Å². The minimum Gasteiger partial charge on any atom is -0.391 e. The molecule has 8 heteroatoms. The number of aryl methyl sites for hydroxylation is 1.